The summed E-state index contributed by atoms with van der Waals surface area (Å²) >= 11 is 0. The zero-order valence-corrected chi connectivity index (χ0v) is 17.9. The summed E-state index contributed by atoms with van der Waals surface area (Å²) in [5.74, 6) is -0.305. The maximum Gasteiger partial charge on any atom is 0.242 e. The highest BCUT2D eigenvalue weighted by molar-refractivity contribution is 5.87. The number of carbonyl (C=O) groups excluding carboxylic acids is 2. The van der Waals surface area contributed by atoms with Crippen molar-refractivity contribution in [1.29, 1.82) is 0 Å². The summed E-state index contributed by atoms with van der Waals surface area (Å²) in [5.41, 5.74) is 6.99. The van der Waals surface area contributed by atoms with Gasteiger partial charge in [-0.3, -0.25) is 9.59 Å². The predicted molar refractivity (Wildman–Crippen MR) is 115 cm³/mol. The number of hydrogen-bond donors (Lipinski definition) is 2. The van der Waals surface area contributed by atoms with Crippen LogP contribution in [0.1, 0.15) is 26.7 Å². The third-order valence-corrected chi connectivity index (χ3v) is 4.89. The average molecular weight is 419 g/mol. The predicted octanol–water partition coefficient (Wildman–Crippen LogP) is 2.06. The second kappa shape index (κ2) is 12.1. The molecule has 0 radical (unpaired) electrons. The third kappa shape index (κ3) is 7.20. The number of anilines is 1. The number of carbonyl (C=O) groups is 2. The molecule has 2 rings (SSSR count). The molecule has 1 saturated heterocycles. The van der Waals surface area contributed by atoms with Crippen molar-refractivity contribution < 1.29 is 9.59 Å². The lowest BCUT2D eigenvalue weighted by atomic mass is 10.0. The highest BCUT2D eigenvalue weighted by Crippen LogP contribution is 2.21. The van der Waals surface area contributed by atoms with Gasteiger partial charge in [0, 0.05) is 31.9 Å². The van der Waals surface area contributed by atoms with Crippen molar-refractivity contribution in [3.8, 4) is 0 Å². The molecule has 0 aliphatic carbocycles. The molecule has 154 valence electrons. The lowest BCUT2D eigenvalue weighted by Crippen LogP contribution is -2.52. The van der Waals surface area contributed by atoms with Gasteiger partial charge in [0.25, 0.3) is 0 Å². The number of likely N-dealkylation sites (N-methyl/N-ethyl adjacent to an activating group) is 1. The van der Waals surface area contributed by atoms with Crippen LogP contribution in [0.5, 0.6) is 0 Å². The molecule has 2 amide bonds. The monoisotopic (exact) mass is 418 g/mol. The molecule has 1 aromatic carbocycles. The van der Waals surface area contributed by atoms with Crippen LogP contribution in [0.15, 0.2) is 30.3 Å². The van der Waals surface area contributed by atoms with Crippen molar-refractivity contribution in [2.45, 2.75) is 38.8 Å². The Bertz CT molecular complexity index is 586. The fourth-order valence-corrected chi connectivity index (χ4v) is 3.06. The Kier molecular flexibility index (Phi) is 11.4. The molecule has 0 saturated carbocycles. The number of nitrogens with one attached hydrogen (secondary N) is 1. The molecule has 1 heterocycles. The Morgan fingerprint density at radius 1 is 1.26 bits per heavy atom. The van der Waals surface area contributed by atoms with Gasteiger partial charge in [0.1, 0.15) is 0 Å². The first kappa shape index (κ1) is 25.5. The van der Waals surface area contributed by atoms with Crippen LogP contribution in [0, 0.1) is 5.92 Å². The molecule has 1 fully saturated rings. The van der Waals surface area contributed by atoms with Crippen molar-refractivity contribution in [3.05, 3.63) is 30.3 Å². The smallest absolute Gasteiger partial charge is 0.242 e. The molecule has 1 unspecified atom stereocenters. The number of nitrogens with two attached hydrogens (primary N) is 1. The van der Waals surface area contributed by atoms with E-state index in [1.54, 1.807) is 4.90 Å². The Morgan fingerprint density at radius 3 is 2.48 bits per heavy atom. The molecule has 1 aliphatic heterocycles. The summed E-state index contributed by atoms with van der Waals surface area (Å²) in [4.78, 5) is 28.4. The summed E-state index contributed by atoms with van der Waals surface area (Å²) in [6.07, 6.45) is 2.02. The largest absolute Gasteiger partial charge is 0.369 e. The second-order valence-corrected chi connectivity index (χ2v) is 7.07. The fourth-order valence-electron chi connectivity index (χ4n) is 3.06. The fraction of sp³-hybridized carbons (Fsp3) is 0.579. The molecule has 0 spiro atoms. The van der Waals surface area contributed by atoms with E-state index in [0.717, 1.165) is 25.9 Å². The summed E-state index contributed by atoms with van der Waals surface area (Å²) in [5, 5.41) is 2.66. The van der Waals surface area contributed by atoms with Gasteiger partial charge < -0.3 is 20.9 Å². The first-order valence-electron chi connectivity index (χ1n) is 8.99. The van der Waals surface area contributed by atoms with E-state index in [4.69, 9.17) is 5.73 Å². The standard InChI is InChI=1S/C19H30N4O2.2ClH/c1-14(2)18(20)19(25)21-12-17(24)22(3)16-10-7-11-23(13-16)15-8-5-4-6-9-15;;/h4-6,8-9,14,16,18H,7,10-13,20H2,1-3H3,(H,21,25);2*1H/t16?,18-;;/m0../s1. The molecule has 27 heavy (non-hydrogen) atoms. The topological polar surface area (TPSA) is 78.7 Å². The van der Waals surface area contributed by atoms with E-state index in [0.29, 0.717) is 0 Å². The summed E-state index contributed by atoms with van der Waals surface area (Å²) in [6, 6.07) is 9.82. The van der Waals surface area contributed by atoms with Crippen molar-refractivity contribution in [2.75, 3.05) is 31.6 Å². The summed E-state index contributed by atoms with van der Waals surface area (Å²) in [7, 11) is 1.82. The van der Waals surface area contributed by atoms with Crippen molar-refractivity contribution in [2.24, 2.45) is 11.7 Å². The van der Waals surface area contributed by atoms with Gasteiger partial charge in [-0.2, -0.15) is 0 Å². The van der Waals surface area contributed by atoms with Crippen LogP contribution in [-0.4, -0.2) is 55.5 Å². The highest BCUT2D eigenvalue weighted by atomic mass is 35.5. The Balaban J connectivity index is 0.00000338. The lowest BCUT2D eigenvalue weighted by molar-refractivity contribution is -0.134. The van der Waals surface area contributed by atoms with E-state index in [1.807, 2.05) is 39.1 Å². The molecule has 3 N–H and O–H groups in total. The van der Waals surface area contributed by atoms with E-state index in [9.17, 15) is 9.59 Å². The molecular formula is C19H32Cl2N4O2. The maximum atomic E-state index is 12.4. The quantitative estimate of drug-likeness (QED) is 0.740. The van der Waals surface area contributed by atoms with Crippen LogP contribution in [-0.2, 0) is 9.59 Å². The minimum atomic E-state index is -0.582. The number of nitrogens with zero attached hydrogens (tertiary/aromatic N) is 2. The zero-order valence-electron chi connectivity index (χ0n) is 16.3. The van der Waals surface area contributed by atoms with Gasteiger partial charge in [-0.25, -0.2) is 0 Å². The van der Waals surface area contributed by atoms with Crippen LogP contribution in [0.4, 0.5) is 5.69 Å². The first-order valence-corrected chi connectivity index (χ1v) is 8.99. The van der Waals surface area contributed by atoms with Gasteiger partial charge in [-0.15, -0.1) is 24.8 Å². The number of rotatable bonds is 6. The average Bonchev–Trinajstić information content (AvgIpc) is 2.65. The van der Waals surface area contributed by atoms with Crippen LogP contribution < -0.4 is 16.0 Å². The summed E-state index contributed by atoms with van der Waals surface area (Å²) < 4.78 is 0. The molecule has 1 aliphatic rings. The minimum absolute atomic E-state index is 0. The number of hydrogen-bond acceptors (Lipinski definition) is 4. The van der Waals surface area contributed by atoms with Crippen LogP contribution in [0.25, 0.3) is 0 Å². The minimum Gasteiger partial charge on any atom is -0.369 e. The Morgan fingerprint density at radius 2 is 1.89 bits per heavy atom. The van der Waals surface area contributed by atoms with Crippen molar-refractivity contribution in [3.63, 3.8) is 0 Å². The van der Waals surface area contributed by atoms with E-state index in [1.165, 1.54) is 5.69 Å². The van der Waals surface area contributed by atoms with E-state index in [2.05, 4.69) is 22.3 Å². The number of amides is 2. The normalized spacial score (nSPS) is 17.4. The molecule has 1 aromatic rings. The van der Waals surface area contributed by atoms with E-state index in [-0.39, 0.29) is 55.1 Å². The zero-order chi connectivity index (χ0) is 18.4. The van der Waals surface area contributed by atoms with Gasteiger partial charge in [0.15, 0.2) is 0 Å². The number of para-hydroxylation sites is 1. The van der Waals surface area contributed by atoms with Crippen molar-refractivity contribution >= 4 is 42.3 Å². The first-order chi connectivity index (χ1) is 11.9. The second-order valence-electron chi connectivity index (χ2n) is 7.07. The summed E-state index contributed by atoms with van der Waals surface area (Å²) in [6.45, 7) is 5.59. The Labute approximate surface area is 174 Å². The SMILES string of the molecule is CC(C)[C@H](N)C(=O)NCC(=O)N(C)C1CCCN(c2ccccc2)C1.Cl.Cl. The molecule has 8 heteroatoms. The molecule has 0 aromatic heterocycles. The highest BCUT2D eigenvalue weighted by Gasteiger charge is 2.27. The maximum absolute atomic E-state index is 12.4. The van der Waals surface area contributed by atoms with Gasteiger partial charge in [0.05, 0.1) is 12.6 Å². The van der Waals surface area contributed by atoms with Gasteiger partial charge in [-0.05, 0) is 30.9 Å². The number of halogens is 2. The Hall–Kier alpha value is -1.50. The third-order valence-electron chi connectivity index (χ3n) is 4.89. The van der Waals surface area contributed by atoms with E-state index >= 15 is 0 Å². The van der Waals surface area contributed by atoms with Gasteiger partial charge in [0.2, 0.25) is 11.8 Å². The van der Waals surface area contributed by atoms with Gasteiger partial charge in [-0.1, -0.05) is 32.0 Å². The van der Waals surface area contributed by atoms with Crippen molar-refractivity contribution in [1.82, 2.24) is 10.2 Å². The van der Waals surface area contributed by atoms with Crippen LogP contribution >= 0.6 is 24.8 Å². The molecular weight excluding hydrogens is 387 g/mol. The molecule has 0 bridgehead atoms. The van der Waals surface area contributed by atoms with E-state index < -0.39 is 6.04 Å². The molecule has 2 atom stereocenters. The lowest BCUT2D eigenvalue weighted by Gasteiger charge is -2.39. The van der Waals surface area contributed by atoms with Gasteiger partial charge >= 0.3 is 0 Å². The number of benzene rings is 1. The molecule has 6 nitrogen and oxygen atoms in total. The number of piperidine rings is 1. The van der Waals surface area contributed by atoms with Crippen LogP contribution in [0.2, 0.25) is 0 Å². The van der Waals surface area contributed by atoms with Crippen LogP contribution in [0.3, 0.4) is 0 Å².